The Morgan fingerprint density at radius 1 is 0.667 bits per heavy atom. The Kier molecular flexibility index (Phi) is 9.76. The summed E-state index contributed by atoms with van der Waals surface area (Å²) >= 11 is 6.52. The lowest BCUT2D eigenvalue weighted by Gasteiger charge is -2.13. The van der Waals surface area contributed by atoms with Gasteiger partial charge in [0.05, 0.1) is 16.7 Å². The van der Waals surface area contributed by atoms with Crippen LogP contribution in [-0.2, 0) is 19.1 Å². The van der Waals surface area contributed by atoms with Gasteiger partial charge in [-0.3, -0.25) is 33.7 Å². The molecular formula is C29H20Br2N2O9. The third-order valence-electron chi connectivity index (χ3n) is 5.97. The van der Waals surface area contributed by atoms with Gasteiger partial charge in [0.25, 0.3) is 11.8 Å². The number of nitrogens with zero attached hydrogens (tertiary/aromatic N) is 1. The number of amides is 3. The molecule has 214 valence electrons. The van der Waals surface area contributed by atoms with E-state index in [0.717, 1.165) is 15.0 Å². The van der Waals surface area contributed by atoms with E-state index in [1.807, 2.05) is 0 Å². The summed E-state index contributed by atoms with van der Waals surface area (Å²) in [5.41, 5.74) is 0.474. The van der Waals surface area contributed by atoms with Crippen LogP contribution >= 0.6 is 31.9 Å². The maximum absolute atomic E-state index is 12.9. The van der Waals surface area contributed by atoms with Crippen molar-refractivity contribution in [1.29, 1.82) is 0 Å². The van der Waals surface area contributed by atoms with Gasteiger partial charge in [-0.2, -0.15) is 0 Å². The second kappa shape index (κ2) is 13.4. The number of carbonyl (C=O) groups excluding carboxylic acids is 7. The van der Waals surface area contributed by atoms with Gasteiger partial charge < -0.3 is 14.8 Å². The van der Waals surface area contributed by atoms with Crippen LogP contribution in [0.4, 0.5) is 0 Å². The summed E-state index contributed by atoms with van der Waals surface area (Å²) in [6.07, 6.45) is 0. The summed E-state index contributed by atoms with van der Waals surface area (Å²) in [5.74, 6) is -5.05. The zero-order chi connectivity index (χ0) is 30.4. The minimum atomic E-state index is -0.891. The van der Waals surface area contributed by atoms with E-state index in [1.54, 1.807) is 48.5 Å². The predicted octanol–water partition coefficient (Wildman–Crippen LogP) is 3.39. The first-order chi connectivity index (χ1) is 20.0. The number of rotatable bonds is 11. The van der Waals surface area contributed by atoms with Crippen molar-refractivity contribution in [2.24, 2.45) is 0 Å². The van der Waals surface area contributed by atoms with Gasteiger partial charge in [0.1, 0.15) is 13.1 Å². The smallest absolute Gasteiger partial charge is 0.338 e. The van der Waals surface area contributed by atoms with Crippen molar-refractivity contribution in [3.63, 3.8) is 0 Å². The minimum Gasteiger partial charge on any atom is -0.456 e. The maximum Gasteiger partial charge on any atom is 0.338 e. The van der Waals surface area contributed by atoms with E-state index in [9.17, 15) is 33.6 Å². The van der Waals surface area contributed by atoms with E-state index in [0.29, 0.717) is 16.0 Å². The molecule has 1 aliphatic heterocycles. The van der Waals surface area contributed by atoms with Gasteiger partial charge in [-0.05, 0) is 42.5 Å². The molecule has 0 bridgehead atoms. The molecule has 0 aromatic heterocycles. The van der Waals surface area contributed by atoms with Gasteiger partial charge in [0.2, 0.25) is 5.91 Å². The molecule has 3 aromatic carbocycles. The average Bonchev–Trinajstić information content (AvgIpc) is 3.22. The van der Waals surface area contributed by atoms with Gasteiger partial charge in [-0.1, -0.05) is 56.1 Å². The topological polar surface area (TPSA) is 153 Å². The number of carbonyl (C=O) groups is 7. The van der Waals surface area contributed by atoms with Crippen LogP contribution in [0.3, 0.4) is 0 Å². The van der Waals surface area contributed by atoms with Crippen LogP contribution in [0.15, 0.2) is 75.7 Å². The van der Waals surface area contributed by atoms with Gasteiger partial charge in [-0.15, -0.1) is 0 Å². The normalized spacial score (nSPS) is 12.0. The highest BCUT2D eigenvalue weighted by molar-refractivity contribution is 9.10. The summed E-state index contributed by atoms with van der Waals surface area (Å²) in [5, 5.41) is 2.24. The van der Waals surface area contributed by atoms with Crippen molar-refractivity contribution >= 4 is 73.1 Å². The van der Waals surface area contributed by atoms with Crippen LogP contribution in [0.5, 0.6) is 0 Å². The first-order valence-electron chi connectivity index (χ1n) is 12.2. The van der Waals surface area contributed by atoms with Crippen molar-refractivity contribution in [3.8, 4) is 0 Å². The highest BCUT2D eigenvalue weighted by Gasteiger charge is 2.37. The molecule has 0 radical (unpaired) electrons. The lowest BCUT2D eigenvalue weighted by Crippen LogP contribution is -2.42. The van der Waals surface area contributed by atoms with E-state index < -0.39 is 67.5 Å². The summed E-state index contributed by atoms with van der Waals surface area (Å²) in [6.45, 7) is -2.35. The molecule has 0 unspecified atom stereocenters. The molecule has 1 aliphatic rings. The molecule has 13 heteroatoms. The van der Waals surface area contributed by atoms with Crippen LogP contribution in [-0.4, -0.2) is 72.4 Å². The number of esters is 2. The number of hydrogen-bond donors (Lipinski definition) is 1. The lowest BCUT2D eigenvalue weighted by molar-refractivity contribution is -0.142. The molecule has 0 atom stereocenters. The molecule has 4 rings (SSSR count). The number of nitrogens with one attached hydrogen (secondary N) is 1. The fourth-order valence-electron chi connectivity index (χ4n) is 3.78. The Hall–Kier alpha value is -4.49. The lowest BCUT2D eigenvalue weighted by atomic mass is 10.1. The van der Waals surface area contributed by atoms with Crippen molar-refractivity contribution in [2.45, 2.75) is 0 Å². The molecule has 3 aromatic rings. The summed E-state index contributed by atoms with van der Waals surface area (Å²) in [6, 6.07) is 16.6. The summed E-state index contributed by atoms with van der Waals surface area (Å²) < 4.78 is 11.5. The Bertz CT molecular complexity index is 1600. The van der Waals surface area contributed by atoms with Gasteiger partial charge in [0, 0.05) is 20.1 Å². The minimum absolute atomic E-state index is 0.0267. The largest absolute Gasteiger partial charge is 0.456 e. The molecule has 0 saturated heterocycles. The molecule has 1 N–H and O–H groups in total. The van der Waals surface area contributed by atoms with Crippen LogP contribution in [0.2, 0.25) is 0 Å². The van der Waals surface area contributed by atoms with Gasteiger partial charge in [0.15, 0.2) is 24.8 Å². The highest BCUT2D eigenvalue weighted by Crippen LogP contribution is 2.24. The Morgan fingerprint density at radius 2 is 1.17 bits per heavy atom. The van der Waals surface area contributed by atoms with Crippen LogP contribution in [0.1, 0.15) is 51.8 Å². The van der Waals surface area contributed by atoms with Crippen molar-refractivity contribution in [2.75, 3.05) is 26.3 Å². The fraction of sp³-hybridized carbons (Fsp3) is 0.138. The van der Waals surface area contributed by atoms with Crippen LogP contribution < -0.4 is 5.32 Å². The second-order valence-corrected chi connectivity index (χ2v) is 10.7. The average molecular weight is 700 g/mol. The van der Waals surface area contributed by atoms with E-state index in [2.05, 4.69) is 37.2 Å². The number of benzene rings is 3. The molecular weight excluding hydrogens is 680 g/mol. The van der Waals surface area contributed by atoms with E-state index in [1.165, 1.54) is 12.1 Å². The second-order valence-electron chi connectivity index (χ2n) is 8.83. The molecule has 0 saturated carbocycles. The highest BCUT2D eigenvalue weighted by atomic mass is 79.9. The molecule has 0 fully saturated rings. The quantitative estimate of drug-likeness (QED) is 0.180. The number of ketones is 2. The van der Waals surface area contributed by atoms with Crippen molar-refractivity contribution < 1.29 is 43.0 Å². The number of Topliss-reactive ketones (excluding diaryl/α,β-unsaturated/α-hetero) is 2. The number of fused-ring (bicyclic) bond motifs is 1. The number of hydrogen-bond acceptors (Lipinski definition) is 9. The van der Waals surface area contributed by atoms with E-state index in [-0.39, 0.29) is 16.7 Å². The first kappa shape index (κ1) is 30.5. The zero-order valence-electron chi connectivity index (χ0n) is 21.6. The Balaban J connectivity index is 1.27. The SMILES string of the molecule is O=C(CN1C(=O)c2ccc(C(=O)OCC(=O)c3ccc(Br)cc3)cc2C1=O)NCC(=O)OCC(=O)c1ccc(Br)cc1. The Labute approximate surface area is 255 Å². The molecule has 1 heterocycles. The first-order valence-corrected chi connectivity index (χ1v) is 13.8. The zero-order valence-corrected chi connectivity index (χ0v) is 24.7. The Morgan fingerprint density at radius 3 is 1.74 bits per heavy atom. The maximum atomic E-state index is 12.9. The monoisotopic (exact) mass is 698 g/mol. The number of halogens is 2. The molecule has 0 spiro atoms. The standard InChI is InChI=1S/C29H20Br2N2O9/c30-19-6-1-16(2-7-19)23(34)14-41-26(37)12-32-25(36)13-33-27(38)21-10-5-18(11-22(21)28(33)39)29(40)42-15-24(35)17-3-8-20(31)9-4-17/h1-11H,12-15H2,(H,32,36). The van der Waals surface area contributed by atoms with Crippen molar-refractivity contribution in [1.82, 2.24) is 10.2 Å². The summed E-state index contributed by atoms with van der Waals surface area (Å²) in [4.78, 5) is 87.4. The third kappa shape index (κ3) is 7.42. The van der Waals surface area contributed by atoms with E-state index in [4.69, 9.17) is 9.47 Å². The number of ether oxygens (including phenoxy) is 2. The fourth-order valence-corrected chi connectivity index (χ4v) is 4.31. The van der Waals surface area contributed by atoms with Gasteiger partial charge >= 0.3 is 11.9 Å². The van der Waals surface area contributed by atoms with E-state index >= 15 is 0 Å². The van der Waals surface area contributed by atoms with Gasteiger partial charge in [-0.25, -0.2) is 4.79 Å². The molecule has 11 nitrogen and oxygen atoms in total. The molecule has 3 amide bonds. The number of imide groups is 1. The summed E-state index contributed by atoms with van der Waals surface area (Å²) in [7, 11) is 0. The van der Waals surface area contributed by atoms with Crippen LogP contribution in [0, 0.1) is 0 Å². The molecule has 42 heavy (non-hydrogen) atoms. The van der Waals surface area contributed by atoms with Crippen molar-refractivity contribution in [3.05, 3.63) is 103 Å². The predicted molar refractivity (Wildman–Crippen MR) is 153 cm³/mol. The van der Waals surface area contributed by atoms with Crippen LogP contribution in [0.25, 0.3) is 0 Å². The third-order valence-corrected chi connectivity index (χ3v) is 7.03. The molecule has 0 aliphatic carbocycles.